The van der Waals surface area contributed by atoms with Crippen molar-refractivity contribution < 1.29 is 9.53 Å². The van der Waals surface area contributed by atoms with Crippen molar-refractivity contribution in [2.45, 2.75) is 26.8 Å². The number of carbonyl (C=O) groups excluding carboxylic acids is 1. The van der Waals surface area contributed by atoms with Gasteiger partial charge in [-0.15, -0.1) is 0 Å². The van der Waals surface area contributed by atoms with Crippen LogP contribution in [-0.2, 0) is 11.3 Å². The lowest BCUT2D eigenvalue weighted by Gasteiger charge is -2.29. The van der Waals surface area contributed by atoms with Gasteiger partial charge in [0, 0.05) is 36.2 Å². The Labute approximate surface area is 252 Å². The average Bonchev–Trinajstić information content (AvgIpc) is 3.59. The number of carbonyl (C=O) groups is 1. The molecule has 0 radical (unpaired) electrons. The fraction of sp³-hybridized carbons (Fsp3) is 0.182. The molecule has 0 spiro atoms. The molecule has 44 heavy (non-hydrogen) atoms. The molecule has 0 fully saturated rings. The maximum Gasteiger partial charge on any atom is 0.278 e. The van der Waals surface area contributed by atoms with Crippen molar-refractivity contribution in [2.75, 3.05) is 23.4 Å². The van der Waals surface area contributed by atoms with Gasteiger partial charge in [0.1, 0.15) is 11.1 Å². The number of pyridine rings is 1. The minimum Gasteiger partial charge on any atom is -0.482 e. The molecule has 0 bridgehead atoms. The van der Waals surface area contributed by atoms with Gasteiger partial charge in [-0.05, 0) is 67.9 Å². The van der Waals surface area contributed by atoms with Gasteiger partial charge >= 0.3 is 0 Å². The van der Waals surface area contributed by atoms with E-state index in [4.69, 9.17) is 9.72 Å². The van der Waals surface area contributed by atoms with Crippen LogP contribution >= 0.6 is 0 Å². The third-order valence-electron chi connectivity index (χ3n) is 7.64. The number of amides is 1. The van der Waals surface area contributed by atoms with E-state index in [2.05, 4.69) is 19.9 Å². The number of hydrogen-bond donors (Lipinski definition) is 1. The summed E-state index contributed by atoms with van der Waals surface area (Å²) in [5, 5.41) is 4.74. The maximum absolute atomic E-state index is 13.6. The van der Waals surface area contributed by atoms with Crippen LogP contribution in [0, 0.1) is 0 Å². The summed E-state index contributed by atoms with van der Waals surface area (Å²) in [5.74, 6) is 0.886. The van der Waals surface area contributed by atoms with E-state index in [9.17, 15) is 9.59 Å². The van der Waals surface area contributed by atoms with Crippen molar-refractivity contribution in [1.82, 2.24) is 28.9 Å². The molecule has 5 heterocycles. The quantitative estimate of drug-likeness (QED) is 0.239. The summed E-state index contributed by atoms with van der Waals surface area (Å²) in [4.78, 5) is 41.6. The Morgan fingerprint density at radius 1 is 1.05 bits per heavy atom. The summed E-state index contributed by atoms with van der Waals surface area (Å²) in [6.45, 7) is 4.85. The van der Waals surface area contributed by atoms with E-state index in [1.54, 1.807) is 26.7 Å². The third kappa shape index (κ3) is 4.68. The van der Waals surface area contributed by atoms with E-state index in [0.717, 1.165) is 28.7 Å². The second-order valence-corrected chi connectivity index (χ2v) is 10.5. The Hall–Kier alpha value is -5.71. The van der Waals surface area contributed by atoms with Crippen LogP contribution in [0.3, 0.4) is 0 Å². The number of ether oxygens (including phenoxy) is 1. The van der Waals surface area contributed by atoms with Gasteiger partial charge in [-0.25, -0.2) is 14.3 Å². The third-order valence-corrected chi connectivity index (χ3v) is 7.64. The summed E-state index contributed by atoms with van der Waals surface area (Å²) >= 11 is 0. The Kier molecular flexibility index (Phi) is 6.89. The van der Waals surface area contributed by atoms with Crippen molar-refractivity contribution in [1.29, 1.82) is 0 Å². The first-order chi connectivity index (χ1) is 21.6. The summed E-state index contributed by atoms with van der Waals surface area (Å²) in [6.07, 6.45) is 11.8. The van der Waals surface area contributed by atoms with Crippen LogP contribution in [0.4, 0.5) is 17.3 Å². The molecule has 11 heteroatoms. The van der Waals surface area contributed by atoms with Gasteiger partial charge in [-0.1, -0.05) is 19.1 Å². The van der Waals surface area contributed by atoms with Gasteiger partial charge < -0.3 is 19.5 Å². The molecule has 11 nitrogen and oxygen atoms in total. The number of aromatic nitrogens is 6. The minimum absolute atomic E-state index is 0.00698. The zero-order chi connectivity index (χ0) is 30.2. The number of allylic oxidation sites excluding steroid dienone is 2. The molecule has 0 unspecified atom stereocenters. The lowest BCUT2D eigenvalue weighted by atomic mass is 10.2. The fourth-order valence-corrected chi connectivity index (χ4v) is 5.58. The molecule has 1 amide bonds. The molecule has 2 aromatic carbocycles. The number of nitrogens with one attached hydrogen (secondary N) is 1. The van der Waals surface area contributed by atoms with Crippen molar-refractivity contribution in [3.8, 4) is 17.1 Å². The van der Waals surface area contributed by atoms with Gasteiger partial charge in [-0.2, -0.15) is 4.98 Å². The van der Waals surface area contributed by atoms with Gasteiger partial charge in [0.05, 0.1) is 35.3 Å². The molecular formula is C33H30N8O3. The van der Waals surface area contributed by atoms with Crippen molar-refractivity contribution >= 4 is 45.2 Å². The number of benzene rings is 2. The van der Waals surface area contributed by atoms with Crippen LogP contribution < -0.4 is 20.5 Å². The fourth-order valence-electron chi connectivity index (χ4n) is 5.58. The Balaban J connectivity index is 1.30. The van der Waals surface area contributed by atoms with Gasteiger partial charge in [0.25, 0.3) is 11.5 Å². The smallest absolute Gasteiger partial charge is 0.278 e. The highest BCUT2D eigenvalue weighted by Gasteiger charge is 2.26. The van der Waals surface area contributed by atoms with E-state index in [-0.39, 0.29) is 18.1 Å². The highest BCUT2D eigenvalue weighted by atomic mass is 16.5. The van der Waals surface area contributed by atoms with Crippen LogP contribution in [0.15, 0.2) is 96.3 Å². The number of rotatable bonds is 8. The largest absolute Gasteiger partial charge is 0.482 e. The van der Waals surface area contributed by atoms with E-state index in [0.29, 0.717) is 47.2 Å². The first kappa shape index (κ1) is 27.1. The van der Waals surface area contributed by atoms with Crippen molar-refractivity contribution in [2.24, 2.45) is 0 Å². The zero-order valence-corrected chi connectivity index (χ0v) is 24.3. The average molecular weight is 587 g/mol. The molecule has 220 valence electrons. The molecule has 0 aliphatic carbocycles. The van der Waals surface area contributed by atoms with E-state index >= 15 is 0 Å². The SMILES string of the molecule is C/C=C\Cn1c(=O)c2cnc(Nc3ccc4c(ccn4-c4cccnc4)c3)nc2n1-c1ccc2c(c1)N(CCC)C(=O)CO2. The monoisotopic (exact) mass is 586 g/mol. The topological polar surface area (TPSA) is 112 Å². The Morgan fingerprint density at radius 3 is 2.77 bits per heavy atom. The van der Waals surface area contributed by atoms with E-state index in [1.807, 2.05) is 93.0 Å². The zero-order valence-electron chi connectivity index (χ0n) is 24.3. The van der Waals surface area contributed by atoms with Crippen molar-refractivity contribution in [3.63, 3.8) is 0 Å². The molecule has 1 aliphatic rings. The van der Waals surface area contributed by atoms with Crippen LogP contribution in [0.1, 0.15) is 20.3 Å². The minimum atomic E-state index is -0.210. The highest BCUT2D eigenvalue weighted by Crippen LogP contribution is 2.35. The molecule has 1 N–H and O–H groups in total. The normalized spacial score (nSPS) is 13.1. The number of hydrogen-bond acceptors (Lipinski definition) is 7. The molecule has 6 aromatic rings. The van der Waals surface area contributed by atoms with E-state index in [1.165, 1.54) is 0 Å². The summed E-state index contributed by atoms with van der Waals surface area (Å²) in [5.41, 5.74) is 4.43. The molecule has 4 aromatic heterocycles. The predicted molar refractivity (Wildman–Crippen MR) is 170 cm³/mol. The van der Waals surface area contributed by atoms with Crippen molar-refractivity contribution in [3.05, 3.63) is 102 Å². The molecule has 7 rings (SSSR count). The summed E-state index contributed by atoms with van der Waals surface area (Å²) in [7, 11) is 0. The maximum atomic E-state index is 13.6. The second kappa shape index (κ2) is 11.2. The molecule has 0 saturated heterocycles. The number of fused-ring (bicyclic) bond motifs is 3. The Morgan fingerprint density at radius 2 is 1.95 bits per heavy atom. The summed E-state index contributed by atoms with van der Waals surface area (Å²) in [6, 6.07) is 17.6. The molecule has 0 saturated carbocycles. The molecule has 0 atom stereocenters. The van der Waals surface area contributed by atoms with Gasteiger partial charge in [0.2, 0.25) is 5.95 Å². The van der Waals surface area contributed by atoms with Crippen LogP contribution in [0.2, 0.25) is 0 Å². The van der Waals surface area contributed by atoms with Crippen LogP contribution in [-0.4, -0.2) is 47.9 Å². The first-order valence-electron chi connectivity index (χ1n) is 14.5. The lowest BCUT2D eigenvalue weighted by molar-refractivity contribution is -0.121. The van der Waals surface area contributed by atoms with Crippen LogP contribution in [0.25, 0.3) is 33.3 Å². The standard InChI is InChI=1S/C33H30N8O3/c1-3-5-15-40-32(43)26-20-35-33(36-23-8-10-27-22(17-23)12-16-38(27)25-7-6-13-34-19-25)37-31(26)41(40)24-9-11-29-28(18-24)39(14-4-2)30(42)21-44-29/h3,5-13,16-20H,4,14-15,21H2,1-2H3,(H,35,36,37)/b5-3-. The second-order valence-electron chi connectivity index (χ2n) is 10.5. The Bertz CT molecular complexity index is 2110. The van der Waals surface area contributed by atoms with E-state index < -0.39 is 0 Å². The lowest BCUT2D eigenvalue weighted by Crippen LogP contribution is -2.39. The van der Waals surface area contributed by atoms with Gasteiger partial charge in [-0.3, -0.25) is 14.6 Å². The molecular weight excluding hydrogens is 556 g/mol. The molecule has 1 aliphatic heterocycles. The predicted octanol–water partition coefficient (Wildman–Crippen LogP) is 5.38. The van der Waals surface area contributed by atoms with Crippen LogP contribution in [0.5, 0.6) is 5.75 Å². The number of nitrogens with zero attached hydrogens (tertiary/aromatic N) is 7. The van der Waals surface area contributed by atoms with Gasteiger partial charge in [0.15, 0.2) is 12.3 Å². The first-order valence-corrected chi connectivity index (χ1v) is 14.5. The highest BCUT2D eigenvalue weighted by molar-refractivity contribution is 5.98. The number of anilines is 3. The summed E-state index contributed by atoms with van der Waals surface area (Å²) < 4.78 is 11.2.